The SMILES string of the molecule is CO[C@H](CC(=O)c1ccccc1)[C@H](C)SC. The van der Waals surface area contributed by atoms with E-state index in [1.807, 2.05) is 36.6 Å². The van der Waals surface area contributed by atoms with E-state index in [-0.39, 0.29) is 11.9 Å². The molecule has 88 valence electrons. The fourth-order valence-corrected chi connectivity index (χ4v) is 2.03. The Morgan fingerprint density at radius 1 is 1.38 bits per heavy atom. The molecule has 0 aliphatic heterocycles. The molecular formula is C13H18O2S. The summed E-state index contributed by atoms with van der Waals surface area (Å²) in [6.07, 6.45) is 2.47. The largest absolute Gasteiger partial charge is 0.380 e. The van der Waals surface area contributed by atoms with Gasteiger partial charge in [0, 0.05) is 24.3 Å². The second-order valence-electron chi connectivity index (χ2n) is 3.71. The van der Waals surface area contributed by atoms with Gasteiger partial charge in [-0.3, -0.25) is 4.79 Å². The van der Waals surface area contributed by atoms with E-state index in [4.69, 9.17) is 4.74 Å². The fourth-order valence-electron chi connectivity index (χ4n) is 1.52. The first-order chi connectivity index (χ1) is 7.69. The van der Waals surface area contributed by atoms with Gasteiger partial charge in [-0.1, -0.05) is 37.3 Å². The number of benzene rings is 1. The number of ketones is 1. The number of ether oxygens (including phenoxy) is 1. The first kappa shape index (κ1) is 13.3. The maximum atomic E-state index is 11.9. The lowest BCUT2D eigenvalue weighted by Crippen LogP contribution is -2.25. The van der Waals surface area contributed by atoms with Crippen molar-refractivity contribution in [1.29, 1.82) is 0 Å². The van der Waals surface area contributed by atoms with Gasteiger partial charge in [0.15, 0.2) is 5.78 Å². The number of thioether (sulfide) groups is 1. The molecule has 2 nitrogen and oxygen atoms in total. The van der Waals surface area contributed by atoms with E-state index in [2.05, 4.69) is 6.92 Å². The molecule has 0 amide bonds. The van der Waals surface area contributed by atoms with Gasteiger partial charge in [-0.15, -0.1) is 0 Å². The van der Waals surface area contributed by atoms with Gasteiger partial charge < -0.3 is 4.74 Å². The summed E-state index contributed by atoms with van der Waals surface area (Å²) in [4.78, 5) is 11.9. The summed E-state index contributed by atoms with van der Waals surface area (Å²) < 4.78 is 5.35. The molecule has 0 unspecified atom stereocenters. The minimum absolute atomic E-state index is 0.0114. The molecule has 0 saturated heterocycles. The molecule has 0 bridgehead atoms. The van der Waals surface area contributed by atoms with Crippen molar-refractivity contribution in [3.05, 3.63) is 35.9 Å². The normalized spacial score (nSPS) is 14.4. The molecule has 0 heterocycles. The predicted molar refractivity (Wildman–Crippen MR) is 69.2 cm³/mol. The Morgan fingerprint density at radius 3 is 2.50 bits per heavy atom. The molecule has 1 aromatic rings. The smallest absolute Gasteiger partial charge is 0.165 e. The maximum absolute atomic E-state index is 11.9. The van der Waals surface area contributed by atoms with Gasteiger partial charge in [0.05, 0.1) is 6.10 Å². The summed E-state index contributed by atoms with van der Waals surface area (Å²) in [6.45, 7) is 2.08. The van der Waals surface area contributed by atoms with Crippen molar-refractivity contribution in [2.75, 3.05) is 13.4 Å². The number of methoxy groups -OCH3 is 1. The van der Waals surface area contributed by atoms with Gasteiger partial charge in [-0.2, -0.15) is 11.8 Å². The van der Waals surface area contributed by atoms with Crippen molar-refractivity contribution in [3.63, 3.8) is 0 Å². The van der Waals surface area contributed by atoms with Gasteiger partial charge >= 0.3 is 0 Å². The lowest BCUT2D eigenvalue weighted by Gasteiger charge is -2.20. The molecule has 2 atom stereocenters. The average Bonchev–Trinajstić information content (AvgIpc) is 2.35. The Bertz CT molecular complexity index is 324. The van der Waals surface area contributed by atoms with Gasteiger partial charge in [0.2, 0.25) is 0 Å². The van der Waals surface area contributed by atoms with Crippen molar-refractivity contribution in [2.45, 2.75) is 24.7 Å². The lowest BCUT2D eigenvalue weighted by molar-refractivity contribution is 0.0738. The van der Waals surface area contributed by atoms with E-state index < -0.39 is 0 Å². The zero-order chi connectivity index (χ0) is 12.0. The second-order valence-corrected chi connectivity index (χ2v) is 4.92. The minimum atomic E-state index is -0.0114. The topological polar surface area (TPSA) is 26.3 Å². The Labute approximate surface area is 101 Å². The van der Waals surface area contributed by atoms with Crippen LogP contribution in [0.5, 0.6) is 0 Å². The predicted octanol–water partition coefficient (Wildman–Crippen LogP) is 3.03. The van der Waals surface area contributed by atoms with Crippen molar-refractivity contribution < 1.29 is 9.53 Å². The number of hydrogen-bond acceptors (Lipinski definition) is 3. The molecule has 1 aromatic carbocycles. The molecule has 0 aliphatic rings. The van der Waals surface area contributed by atoms with Crippen LogP contribution in [0.2, 0.25) is 0 Å². The van der Waals surface area contributed by atoms with Gasteiger partial charge in [-0.05, 0) is 6.26 Å². The Hall–Kier alpha value is -0.800. The van der Waals surface area contributed by atoms with Crippen LogP contribution in [0.3, 0.4) is 0 Å². The molecule has 16 heavy (non-hydrogen) atoms. The maximum Gasteiger partial charge on any atom is 0.165 e. The monoisotopic (exact) mass is 238 g/mol. The fraction of sp³-hybridized carbons (Fsp3) is 0.462. The molecule has 0 fully saturated rings. The van der Waals surface area contributed by atoms with E-state index in [9.17, 15) is 4.79 Å². The van der Waals surface area contributed by atoms with Crippen LogP contribution in [-0.2, 0) is 4.74 Å². The van der Waals surface area contributed by atoms with Crippen molar-refractivity contribution in [1.82, 2.24) is 0 Å². The lowest BCUT2D eigenvalue weighted by atomic mass is 10.0. The zero-order valence-corrected chi connectivity index (χ0v) is 10.8. The summed E-state index contributed by atoms with van der Waals surface area (Å²) in [6, 6.07) is 9.37. The second kappa shape index (κ2) is 6.71. The van der Waals surface area contributed by atoms with E-state index >= 15 is 0 Å². The highest BCUT2D eigenvalue weighted by atomic mass is 32.2. The van der Waals surface area contributed by atoms with Crippen LogP contribution in [0.4, 0.5) is 0 Å². The van der Waals surface area contributed by atoms with Crippen molar-refractivity contribution in [2.24, 2.45) is 0 Å². The molecule has 0 aromatic heterocycles. The molecule has 3 heteroatoms. The number of carbonyl (C=O) groups excluding carboxylic acids is 1. The van der Waals surface area contributed by atoms with Crippen LogP contribution < -0.4 is 0 Å². The summed E-state index contributed by atoms with van der Waals surface area (Å²) in [7, 11) is 1.66. The van der Waals surface area contributed by atoms with Crippen LogP contribution >= 0.6 is 11.8 Å². The summed E-state index contributed by atoms with van der Waals surface area (Å²) in [5, 5.41) is 0.331. The quantitative estimate of drug-likeness (QED) is 0.713. The first-order valence-corrected chi connectivity index (χ1v) is 6.61. The highest BCUT2D eigenvalue weighted by molar-refractivity contribution is 7.99. The molecule has 0 aliphatic carbocycles. The van der Waals surface area contributed by atoms with E-state index in [0.717, 1.165) is 5.56 Å². The van der Waals surface area contributed by atoms with Gasteiger partial charge in [-0.25, -0.2) is 0 Å². The van der Waals surface area contributed by atoms with Crippen LogP contribution in [0.25, 0.3) is 0 Å². The van der Waals surface area contributed by atoms with Crippen LogP contribution in [0.1, 0.15) is 23.7 Å². The van der Waals surface area contributed by atoms with E-state index in [0.29, 0.717) is 11.7 Å². The number of carbonyl (C=O) groups is 1. The third-order valence-electron chi connectivity index (χ3n) is 2.68. The number of hydrogen-bond donors (Lipinski definition) is 0. The first-order valence-electron chi connectivity index (χ1n) is 5.33. The third kappa shape index (κ3) is 3.65. The number of rotatable bonds is 6. The number of Topliss-reactive ketones (excluding diaryl/α,β-unsaturated/α-hetero) is 1. The van der Waals surface area contributed by atoms with E-state index in [1.165, 1.54) is 0 Å². The van der Waals surface area contributed by atoms with Gasteiger partial charge in [0.25, 0.3) is 0 Å². The zero-order valence-electron chi connectivity index (χ0n) is 9.97. The van der Waals surface area contributed by atoms with Gasteiger partial charge in [0.1, 0.15) is 0 Å². The Kier molecular flexibility index (Phi) is 5.56. The molecular weight excluding hydrogens is 220 g/mol. The summed E-state index contributed by atoms with van der Waals surface area (Å²) in [5.41, 5.74) is 0.762. The molecule has 0 N–H and O–H groups in total. The van der Waals surface area contributed by atoms with Crippen LogP contribution in [-0.4, -0.2) is 30.5 Å². The molecule has 0 spiro atoms. The molecule has 0 saturated carbocycles. The molecule has 1 rings (SSSR count). The standard InChI is InChI=1S/C13H18O2S/c1-10(16-3)13(15-2)9-12(14)11-7-5-4-6-8-11/h4-8,10,13H,9H2,1-3H3/t10-,13+/m0/s1. The summed E-state index contributed by atoms with van der Waals surface area (Å²) in [5.74, 6) is 0.147. The third-order valence-corrected chi connectivity index (χ3v) is 3.73. The summed E-state index contributed by atoms with van der Waals surface area (Å²) >= 11 is 1.72. The van der Waals surface area contributed by atoms with Crippen LogP contribution in [0.15, 0.2) is 30.3 Å². The minimum Gasteiger partial charge on any atom is -0.380 e. The highest BCUT2D eigenvalue weighted by Gasteiger charge is 2.20. The Balaban J connectivity index is 2.63. The highest BCUT2D eigenvalue weighted by Crippen LogP contribution is 2.18. The van der Waals surface area contributed by atoms with E-state index in [1.54, 1.807) is 18.9 Å². The van der Waals surface area contributed by atoms with Crippen molar-refractivity contribution >= 4 is 17.5 Å². The molecule has 0 radical (unpaired) electrons. The average molecular weight is 238 g/mol. The van der Waals surface area contributed by atoms with Crippen LogP contribution in [0, 0.1) is 0 Å². The van der Waals surface area contributed by atoms with Crippen molar-refractivity contribution in [3.8, 4) is 0 Å². The Morgan fingerprint density at radius 2 is 2.00 bits per heavy atom.